The molecule has 1 aliphatic heterocycles. The van der Waals surface area contributed by atoms with Gasteiger partial charge in [-0.2, -0.15) is 0 Å². The van der Waals surface area contributed by atoms with Crippen molar-refractivity contribution < 1.29 is 9.53 Å². The van der Waals surface area contributed by atoms with Gasteiger partial charge >= 0.3 is 6.03 Å². The second-order valence-corrected chi connectivity index (χ2v) is 5.35. The largest absolute Gasteiger partial charge is 0.497 e. The molecule has 5 heteroatoms. The second-order valence-electron chi connectivity index (χ2n) is 4.95. The smallest absolute Gasteiger partial charge is 0.321 e. The zero-order chi connectivity index (χ0) is 13.8. The molecule has 0 aromatic heterocycles. The third kappa shape index (κ3) is 3.53. The lowest BCUT2D eigenvalue weighted by Gasteiger charge is -2.30. The van der Waals surface area contributed by atoms with E-state index >= 15 is 0 Å². The predicted octanol–water partition coefficient (Wildman–Crippen LogP) is 3.61. The lowest BCUT2D eigenvalue weighted by atomic mass is 10.00. The van der Waals surface area contributed by atoms with Gasteiger partial charge in [0.1, 0.15) is 5.75 Å². The van der Waals surface area contributed by atoms with Crippen LogP contribution in [0.25, 0.3) is 0 Å². The van der Waals surface area contributed by atoms with Crippen LogP contribution >= 0.6 is 11.6 Å². The van der Waals surface area contributed by atoms with Gasteiger partial charge in [-0.05, 0) is 30.9 Å². The fraction of sp³-hybridized carbons (Fsp3) is 0.500. The number of anilines is 1. The first kappa shape index (κ1) is 14.0. The number of piperidine rings is 1. The van der Waals surface area contributed by atoms with Gasteiger partial charge in [0.25, 0.3) is 0 Å². The quantitative estimate of drug-likeness (QED) is 0.900. The maximum absolute atomic E-state index is 12.1. The minimum Gasteiger partial charge on any atom is -0.497 e. The molecule has 1 fully saturated rings. The van der Waals surface area contributed by atoms with Crippen molar-refractivity contribution in [1.82, 2.24) is 4.90 Å². The molecule has 1 aliphatic rings. The van der Waals surface area contributed by atoms with Crippen molar-refractivity contribution in [2.24, 2.45) is 5.92 Å². The summed E-state index contributed by atoms with van der Waals surface area (Å²) in [6, 6.07) is 5.11. The molecular weight excluding hydrogens is 264 g/mol. The Morgan fingerprint density at radius 3 is 2.74 bits per heavy atom. The van der Waals surface area contributed by atoms with Crippen molar-refractivity contribution in [2.75, 3.05) is 25.5 Å². The van der Waals surface area contributed by atoms with E-state index < -0.39 is 0 Å². The number of halogens is 1. The third-order valence-corrected chi connectivity index (χ3v) is 3.82. The summed E-state index contributed by atoms with van der Waals surface area (Å²) in [4.78, 5) is 14.0. The van der Waals surface area contributed by atoms with Gasteiger partial charge in [-0.15, -0.1) is 0 Å². The molecule has 0 bridgehead atoms. The van der Waals surface area contributed by atoms with E-state index in [1.807, 2.05) is 4.90 Å². The number of likely N-dealkylation sites (tertiary alicyclic amines) is 1. The molecule has 2 rings (SSSR count). The van der Waals surface area contributed by atoms with E-state index in [1.165, 1.54) is 0 Å². The Labute approximate surface area is 118 Å². The molecule has 0 spiro atoms. The molecule has 19 heavy (non-hydrogen) atoms. The summed E-state index contributed by atoms with van der Waals surface area (Å²) in [7, 11) is 1.58. The van der Waals surface area contributed by atoms with Crippen LogP contribution in [0.15, 0.2) is 18.2 Å². The Bertz CT molecular complexity index is 457. The van der Waals surface area contributed by atoms with Crippen LogP contribution < -0.4 is 10.1 Å². The number of ether oxygens (including phenoxy) is 1. The van der Waals surface area contributed by atoms with E-state index in [9.17, 15) is 4.79 Å². The Morgan fingerprint density at radius 1 is 1.42 bits per heavy atom. The second kappa shape index (κ2) is 6.15. The van der Waals surface area contributed by atoms with Crippen molar-refractivity contribution in [2.45, 2.75) is 19.8 Å². The average Bonchev–Trinajstić information content (AvgIpc) is 2.42. The Kier molecular flexibility index (Phi) is 4.53. The fourth-order valence-electron chi connectivity index (χ4n) is 2.13. The summed E-state index contributed by atoms with van der Waals surface area (Å²) in [5.41, 5.74) is 0.588. The normalized spacial score (nSPS) is 16.3. The number of rotatable bonds is 2. The van der Waals surface area contributed by atoms with Gasteiger partial charge in [0.2, 0.25) is 0 Å². The molecule has 1 heterocycles. The van der Waals surface area contributed by atoms with Crippen LogP contribution in [0, 0.1) is 5.92 Å². The number of urea groups is 1. The summed E-state index contributed by atoms with van der Waals surface area (Å²) < 4.78 is 5.13. The molecule has 0 aliphatic carbocycles. The molecule has 1 N–H and O–H groups in total. The molecular formula is C14H19ClN2O2. The van der Waals surface area contributed by atoms with Gasteiger partial charge in [0, 0.05) is 19.2 Å². The summed E-state index contributed by atoms with van der Waals surface area (Å²) >= 11 is 6.07. The molecule has 0 unspecified atom stereocenters. The van der Waals surface area contributed by atoms with Crippen molar-refractivity contribution in [3.8, 4) is 5.75 Å². The van der Waals surface area contributed by atoms with E-state index in [1.54, 1.807) is 25.3 Å². The Hall–Kier alpha value is -1.42. The van der Waals surface area contributed by atoms with Gasteiger partial charge in [0.15, 0.2) is 0 Å². The number of amides is 2. The molecule has 0 saturated carbocycles. The highest BCUT2D eigenvalue weighted by molar-refractivity contribution is 6.33. The van der Waals surface area contributed by atoms with E-state index in [-0.39, 0.29) is 6.03 Å². The summed E-state index contributed by atoms with van der Waals surface area (Å²) in [5.74, 6) is 1.37. The average molecular weight is 283 g/mol. The molecule has 104 valence electrons. The number of benzene rings is 1. The van der Waals surface area contributed by atoms with Crippen LogP contribution in [0.2, 0.25) is 5.02 Å². The molecule has 1 aromatic rings. The van der Waals surface area contributed by atoms with Crippen molar-refractivity contribution in [3.05, 3.63) is 23.2 Å². The summed E-state index contributed by atoms with van der Waals surface area (Å²) in [6.45, 7) is 3.82. The first-order chi connectivity index (χ1) is 9.10. The predicted molar refractivity (Wildman–Crippen MR) is 77.0 cm³/mol. The van der Waals surface area contributed by atoms with Gasteiger partial charge in [-0.1, -0.05) is 18.5 Å². The number of methoxy groups -OCH3 is 1. The van der Waals surface area contributed by atoms with Gasteiger partial charge in [-0.3, -0.25) is 0 Å². The minimum atomic E-state index is -0.0953. The number of hydrogen-bond acceptors (Lipinski definition) is 2. The van der Waals surface area contributed by atoms with E-state index in [0.29, 0.717) is 22.4 Å². The van der Waals surface area contributed by atoms with Gasteiger partial charge in [0.05, 0.1) is 17.8 Å². The summed E-state index contributed by atoms with van der Waals surface area (Å²) in [6.07, 6.45) is 2.11. The maximum Gasteiger partial charge on any atom is 0.321 e. The SMILES string of the molecule is COc1ccc(Cl)c(NC(=O)N2CCC(C)CC2)c1. The van der Waals surface area contributed by atoms with Crippen LogP contribution in [0.3, 0.4) is 0 Å². The monoisotopic (exact) mass is 282 g/mol. The van der Waals surface area contributed by atoms with Crippen LogP contribution in [0.5, 0.6) is 5.75 Å². The highest BCUT2D eigenvalue weighted by atomic mass is 35.5. The zero-order valence-corrected chi connectivity index (χ0v) is 12.0. The van der Waals surface area contributed by atoms with Crippen LogP contribution in [-0.4, -0.2) is 31.1 Å². The van der Waals surface area contributed by atoms with Crippen LogP contribution in [0.4, 0.5) is 10.5 Å². The lowest BCUT2D eigenvalue weighted by molar-refractivity contribution is 0.186. The highest BCUT2D eigenvalue weighted by Crippen LogP contribution is 2.27. The number of nitrogens with zero attached hydrogens (tertiary/aromatic N) is 1. The molecule has 0 radical (unpaired) electrons. The lowest BCUT2D eigenvalue weighted by Crippen LogP contribution is -2.40. The van der Waals surface area contributed by atoms with E-state index in [4.69, 9.17) is 16.3 Å². The molecule has 1 aromatic carbocycles. The van der Waals surface area contributed by atoms with Crippen LogP contribution in [-0.2, 0) is 0 Å². The minimum absolute atomic E-state index is 0.0953. The van der Waals surface area contributed by atoms with E-state index in [2.05, 4.69) is 12.2 Å². The summed E-state index contributed by atoms with van der Waals surface area (Å²) in [5, 5.41) is 3.36. The maximum atomic E-state index is 12.1. The fourth-order valence-corrected chi connectivity index (χ4v) is 2.30. The topological polar surface area (TPSA) is 41.6 Å². The number of carbonyl (C=O) groups is 1. The third-order valence-electron chi connectivity index (χ3n) is 3.49. The number of nitrogens with one attached hydrogen (secondary N) is 1. The van der Waals surface area contributed by atoms with Crippen LogP contribution in [0.1, 0.15) is 19.8 Å². The van der Waals surface area contributed by atoms with Gasteiger partial charge < -0.3 is 15.0 Å². The Morgan fingerprint density at radius 2 is 2.11 bits per heavy atom. The van der Waals surface area contributed by atoms with Gasteiger partial charge in [-0.25, -0.2) is 4.79 Å². The highest BCUT2D eigenvalue weighted by Gasteiger charge is 2.20. The first-order valence-electron chi connectivity index (χ1n) is 6.49. The molecule has 0 atom stereocenters. The standard InChI is InChI=1S/C14H19ClN2O2/c1-10-5-7-17(8-6-10)14(18)16-13-9-11(19-2)3-4-12(13)15/h3-4,9-10H,5-8H2,1-2H3,(H,16,18). The Balaban J connectivity index is 2.02. The van der Waals surface area contributed by atoms with Crippen molar-refractivity contribution >= 4 is 23.3 Å². The molecule has 2 amide bonds. The van der Waals surface area contributed by atoms with E-state index in [0.717, 1.165) is 25.9 Å². The number of hydrogen-bond donors (Lipinski definition) is 1. The molecule has 1 saturated heterocycles. The van der Waals surface area contributed by atoms with Crippen molar-refractivity contribution in [1.29, 1.82) is 0 Å². The number of carbonyl (C=O) groups excluding carboxylic acids is 1. The zero-order valence-electron chi connectivity index (χ0n) is 11.3. The first-order valence-corrected chi connectivity index (χ1v) is 6.87. The molecule has 4 nitrogen and oxygen atoms in total. The van der Waals surface area contributed by atoms with Crippen molar-refractivity contribution in [3.63, 3.8) is 0 Å².